The molecule has 1 unspecified atom stereocenters. The van der Waals surface area contributed by atoms with Gasteiger partial charge in [-0.1, -0.05) is 12.1 Å². The molecule has 0 saturated carbocycles. The Kier molecular flexibility index (Phi) is 6.22. The second-order valence-corrected chi connectivity index (χ2v) is 6.97. The van der Waals surface area contributed by atoms with Crippen molar-refractivity contribution in [1.29, 1.82) is 0 Å². The minimum atomic E-state index is -0.102. The largest absolute Gasteiger partial charge is 0.338 e. The van der Waals surface area contributed by atoms with Crippen LogP contribution in [0.25, 0.3) is 0 Å². The molecule has 2 amide bonds. The predicted molar refractivity (Wildman–Crippen MR) is 90.2 cm³/mol. The minimum absolute atomic E-state index is 0.102. The molecule has 2 aromatic heterocycles. The molecule has 0 spiro atoms. The van der Waals surface area contributed by atoms with Crippen molar-refractivity contribution in [2.24, 2.45) is 0 Å². The first-order valence-corrected chi connectivity index (χ1v) is 8.66. The summed E-state index contributed by atoms with van der Waals surface area (Å²) in [5, 5.41) is 9.97. The highest BCUT2D eigenvalue weighted by atomic mass is 32.1. The highest BCUT2D eigenvalue weighted by Gasteiger charge is 2.15. The van der Waals surface area contributed by atoms with Gasteiger partial charge in [-0.25, -0.2) is 4.79 Å². The summed E-state index contributed by atoms with van der Waals surface area (Å²) in [6.07, 6.45) is 0.882. The molecule has 2 aromatic rings. The van der Waals surface area contributed by atoms with Crippen LogP contribution in [0.15, 0.2) is 35.0 Å². The number of carbonyl (C=O) groups excluding carboxylic acids is 1. The Morgan fingerprint density at radius 3 is 2.57 bits per heavy atom. The van der Waals surface area contributed by atoms with Crippen molar-refractivity contribution < 1.29 is 4.79 Å². The molecule has 0 aliphatic carbocycles. The van der Waals surface area contributed by atoms with E-state index in [4.69, 9.17) is 0 Å². The number of rotatable bonds is 7. The summed E-state index contributed by atoms with van der Waals surface area (Å²) in [6.45, 7) is 1.27. The molecule has 4 nitrogen and oxygen atoms in total. The average Bonchev–Trinajstić information content (AvgIpc) is 3.11. The predicted octanol–water partition coefficient (Wildman–Crippen LogP) is 2.95. The van der Waals surface area contributed by atoms with Crippen molar-refractivity contribution >= 4 is 28.7 Å². The van der Waals surface area contributed by atoms with E-state index in [0.29, 0.717) is 13.1 Å². The number of nitrogens with one attached hydrogen (secondary N) is 2. The van der Waals surface area contributed by atoms with Gasteiger partial charge in [0.15, 0.2) is 0 Å². The number of nitrogens with zero attached hydrogens (tertiary/aromatic N) is 1. The van der Waals surface area contributed by atoms with E-state index < -0.39 is 0 Å². The fourth-order valence-corrected chi connectivity index (χ4v) is 3.66. The smallest absolute Gasteiger partial charge is 0.314 e. The zero-order chi connectivity index (χ0) is 15.1. The van der Waals surface area contributed by atoms with E-state index in [0.717, 1.165) is 6.42 Å². The van der Waals surface area contributed by atoms with Crippen LogP contribution < -0.4 is 10.6 Å². The van der Waals surface area contributed by atoms with E-state index in [1.165, 1.54) is 9.75 Å². The Balaban J connectivity index is 1.72. The molecule has 0 aliphatic rings. The Morgan fingerprint density at radius 2 is 1.95 bits per heavy atom. The van der Waals surface area contributed by atoms with Crippen LogP contribution in [0.5, 0.6) is 0 Å². The molecular weight excluding hydrogens is 302 g/mol. The van der Waals surface area contributed by atoms with Gasteiger partial charge in [-0.05, 0) is 43.4 Å². The van der Waals surface area contributed by atoms with E-state index in [-0.39, 0.29) is 12.1 Å². The summed E-state index contributed by atoms with van der Waals surface area (Å²) in [7, 11) is 4.06. The number of likely N-dealkylation sites (N-methyl/N-ethyl adjacent to an activating group) is 1. The number of amides is 2. The van der Waals surface area contributed by atoms with Gasteiger partial charge in [0.25, 0.3) is 0 Å². The zero-order valence-corrected chi connectivity index (χ0v) is 14.0. The molecule has 2 rings (SSSR count). The molecule has 2 heterocycles. The topological polar surface area (TPSA) is 44.4 Å². The van der Waals surface area contributed by atoms with E-state index in [9.17, 15) is 4.79 Å². The van der Waals surface area contributed by atoms with Crippen LogP contribution >= 0.6 is 22.7 Å². The second kappa shape index (κ2) is 8.17. The van der Waals surface area contributed by atoms with Crippen molar-refractivity contribution in [3.8, 4) is 0 Å². The van der Waals surface area contributed by atoms with Gasteiger partial charge >= 0.3 is 6.03 Å². The standard InChI is InChI=1S/C15H21N3OS2/c1-18(2)13(14-6-4-10-21-14)11-17-15(19)16-8-7-12-5-3-9-20-12/h3-6,9-10,13H,7-8,11H2,1-2H3,(H2,16,17,19). The van der Waals surface area contributed by atoms with Crippen molar-refractivity contribution in [1.82, 2.24) is 15.5 Å². The Bertz CT molecular complexity index is 523. The molecule has 21 heavy (non-hydrogen) atoms. The van der Waals surface area contributed by atoms with Gasteiger partial charge in [0.2, 0.25) is 0 Å². The molecule has 0 bridgehead atoms. The fraction of sp³-hybridized carbons (Fsp3) is 0.400. The average molecular weight is 323 g/mol. The van der Waals surface area contributed by atoms with Crippen LogP contribution in [0, 0.1) is 0 Å². The monoisotopic (exact) mass is 323 g/mol. The van der Waals surface area contributed by atoms with Crippen molar-refractivity contribution in [2.45, 2.75) is 12.5 Å². The summed E-state index contributed by atoms with van der Waals surface area (Å²) in [5.41, 5.74) is 0. The molecule has 0 aromatic carbocycles. The van der Waals surface area contributed by atoms with Gasteiger partial charge in [0.05, 0.1) is 6.04 Å². The minimum Gasteiger partial charge on any atom is -0.338 e. The second-order valence-electron chi connectivity index (χ2n) is 4.96. The lowest BCUT2D eigenvalue weighted by atomic mass is 10.2. The van der Waals surface area contributed by atoms with E-state index >= 15 is 0 Å². The first kappa shape index (κ1) is 16.0. The lowest BCUT2D eigenvalue weighted by Crippen LogP contribution is -2.40. The maximum atomic E-state index is 11.8. The maximum Gasteiger partial charge on any atom is 0.314 e. The Hall–Kier alpha value is -1.37. The molecule has 6 heteroatoms. The van der Waals surface area contributed by atoms with Gasteiger partial charge in [-0.2, -0.15) is 0 Å². The van der Waals surface area contributed by atoms with Crippen LogP contribution in [0.3, 0.4) is 0 Å². The Morgan fingerprint density at radius 1 is 1.19 bits per heavy atom. The molecule has 1 atom stereocenters. The molecule has 0 radical (unpaired) electrons. The first-order valence-electron chi connectivity index (χ1n) is 6.90. The SMILES string of the molecule is CN(C)C(CNC(=O)NCCc1cccs1)c1cccs1. The summed E-state index contributed by atoms with van der Waals surface area (Å²) < 4.78 is 0. The van der Waals surface area contributed by atoms with Crippen LogP contribution in [-0.2, 0) is 6.42 Å². The fourth-order valence-electron chi connectivity index (χ4n) is 2.02. The van der Waals surface area contributed by atoms with Crippen molar-refractivity contribution in [3.63, 3.8) is 0 Å². The third-order valence-corrected chi connectivity index (χ3v) is 5.10. The number of urea groups is 1. The first-order chi connectivity index (χ1) is 10.2. The lowest BCUT2D eigenvalue weighted by molar-refractivity contribution is 0.233. The molecular formula is C15H21N3OS2. The van der Waals surface area contributed by atoms with Crippen LogP contribution in [0.2, 0.25) is 0 Å². The highest BCUT2D eigenvalue weighted by molar-refractivity contribution is 7.10. The normalized spacial score (nSPS) is 12.3. The lowest BCUT2D eigenvalue weighted by Gasteiger charge is -2.23. The van der Waals surface area contributed by atoms with E-state index in [1.54, 1.807) is 22.7 Å². The van der Waals surface area contributed by atoms with Crippen molar-refractivity contribution in [3.05, 3.63) is 44.8 Å². The molecule has 2 N–H and O–H groups in total. The van der Waals surface area contributed by atoms with Gasteiger partial charge in [0, 0.05) is 22.8 Å². The van der Waals surface area contributed by atoms with E-state index in [2.05, 4.69) is 38.4 Å². The maximum absolute atomic E-state index is 11.8. The third kappa shape index (κ3) is 5.15. The number of thiophene rings is 2. The number of hydrogen-bond acceptors (Lipinski definition) is 4. The van der Waals surface area contributed by atoms with Crippen LogP contribution in [0.1, 0.15) is 15.8 Å². The van der Waals surface area contributed by atoms with Crippen LogP contribution in [0.4, 0.5) is 4.79 Å². The van der Waals surface area contributed by atoms with Gasteiger partial charge < -0.3 is 15.5 Å². The van der Waals surface area contributed by atoms with Gasteiger partial charge in [-0.15, -0.1) is 22.7 Å². The molecule has 0 aliphatic heterocycles. The zero-order valence-electron chi connectivity index (χ0n) is 12.3. The number of carbonyl (C=O) groups is 1. The van der Waals surface area contributed by atoms with Gasteiger partial charge in [-0.3, -0.25) is 0 Å². The summed E-state index contributed by atoms with van der Waals surface area (Å²) in [4.78, 5) is 16.5. The Labute approximate surface area is 133 Å². The summed E-state index contributed by atoms with van der Waals surface area (Å²) >= 11 is 3.43. The van der Waals surface area contributed by atoms with E-state index in [1.807, 2.05) is 26.2 Å². The molecule has 114 valence electrons. The summed E-state index contributed by atoms with van der Waals surface area (Å²) in [6, 6.07) is 8.37. The quantitative estimate of drug-likeness (QED) is 0.823. The van der Waals surface area contributed by atoms with Crippen molar-refractivity contribution in [2.75, 3.05) is 27.2 Å². The third-order valence-electron chi connectivity index (χ3n) is 3.19. The number of hydrogen-bond donors (Lipinski definition) is 2. The molecule has 0 fully saturated rings. The van der Waals surface area contributed by atoms with Gasteiger partial charge in [0.1, 0.15) is 0 Å². The van der Waals surface area contributed by atoms with Crippen LogP contribution in [-0.4, -0.2) is 38.1 Å². The molecule has 0 saturated heterocycles. The highest BCUT2D eigenvalue weighted by Crippen LogP contribution is 2.22. The summed E-state index contributed by atoms with van der Waals surface area (Å²) in [5.74, 6) is 0.